The molecule has 5 unspecified atom stereocenters. The van der Waals surface area contributed by atoms with Crippen molar-refractivity contribution >= 4 is 5.78 Å². The van der Waals surface area contributed by atoms with Crippen LogP contribution in [0.15, 0.2) is 11.6 Å². The smallest absolute Gasteiger partial charge is 0.133 e. The molecule has 1 nitrogen and oxygen atoms in total. The molecular formula is C28H46O. The van der Waals surface area contributed by atoms with Crippen LogP contribution in [0, 0.1) is 52.3 Å². The molecule has 29 heavy (non-hydrogen) atoms. The van der Waals surface area contributed by atoms with Gasteiger partial charge < -0.3 is 0 Å². The van der Waals surface area contributed by atoms with Gasteiger partial charge in [-0.25, -0.2) is 0 Å². The predicted molar refractivity (Wildman–Crippen MR) is 123 cm³/mol. The van der Waals surface area contributed by atoms with Crippen LogP contribution in [0.3, 0.4) is 0 Å². The molecule has 4 aliphatic carbocycles. The number of hydrogen-bond acceptors (Lipinski definition) is 1. The molecule has 0 spiro atoms. The van der Waals surface area contributed by atoms with Crippen molar-refractivity contribution in [1.29, 1.82) is 0 Å². The molecule has 3 fully saturated rings. The van der Waals surface area contributed by atoms with Gasteiger partial charge in [0.1, 0.15) is 5.78 Å². The minimum atomic E-state index is 0.399. The van der Waals surface area contributed by atoms with Crippen molar-refractivity contribution in [2.75, 3.05) is 0 Å². The zero-order valence-corrected chi connectivity index (χ0v) is 20.1. The lowest BCUT2D eigenvalue weighted by atomic mass is 9.47. The first kappa shape index (κ1) is 21.6. The molecular weight excluding hydrogens is 352 g/mol. The van der Waals surface area contributed by atoms with Crippen LogP contribution in [0.4, 0.5) is 0 Å². The average molecular weight is 399 g/mol. The lowest BCUT2D eigenvalue weighted by Crippen LogP contribution is -2.49. The van der Waals surface area contributed by atoms with E-state index in [0.29, 0.717) is 22.5 Å². The zero-order chi connectivity index (χ0) is 21.0. The second-order valence-electron chi connectivity index (χ2n) is 12.5. The largest absolute Gasteiger partial charge is 0.300 e. The molecule has 0 aromatic carbocycles. The Morgan fingerprint density at radius 1 is 0.966 bits per heavy atom. The monoisotopic (exact) mass is 398 g/mol. The maximum absolute atomic E-state index is 12.1. The minimum absolute atomic E-state index is 0.399. The molecule has 4 aliphatic rings. The van der Waals surface area contributed by atoms with Crippen molar-refractivity contribution in [1.82, 2.24) is 0 Å². The third-order valence-electron chi connectivity index (χ3n) is 10.9. The fourth-order valence-electron chi connectivity index (χ4n) is 8.34. The van der Waals surface area contributed by atoms with Gasteiger partial charge >= 0.3 is 0 Å². The summed E-state index contributed by atoms with van der Waals surface area (Å²) in [6.45, 7) is 15.0. The van der Waals surface area contributed by atoms with Crippen LogP contribution >= 0.6 is 0 Å². The van der Waals surface area contributed by atoms with E-state index in [-0.39, 0.29) is 0 Å². The summed E-state index contributed by atoms with van der Waals surface area (Å²) in [5, 5.41) is 0. The Hall–Kier alpha value is -0.590. The van der Waals surface area contributed by atoms with E-state index in [1.54, 1.807) is 0 Å². The van der Waals surface area contributed by atoms with Crippen LogP contribution in [0.1, 0.15) is 106 Å². The molecule has 0 amide bonds. The Kier molecular flexibility index (Phi) is 5.84. The van der Waals surface area contributed by atoms with Crippen molar-refractivity contribution in [3.05, 3.63) is 11.6 Å². The number of Topliss-reactive ketones (excluding diaryl/α,β-unsaturated/α-hetero) is 1. The zero-order valence-electron chi connectivity index (χ0n) is 20.1. The van der Waals surface area contributed by atoms with Crippen molar-refractivity contribution in [2.24, 2.45) is 52.3 Å². The maximum Gasteiger partial charge on any atom is 0.133 e. The molecule has 0 bridgehead atoms. The van der Waals surface area contributed by atoms with Crippen molar-refractivity contribution in [2.45, 2.75) is 106 Å². The summed E-state index contributed by atoms with van der Waals surface area (Å²) in [6.07, 6.45) is 15.1. The van der Waals surface area contributed by atoms with E-state index in [1.165, 1.54) is 44.9 Å². The molecule has 164 valence electrons. The van der Waals surface area contributed by atoms with Gasteiger partial charge in [0.25, 0.3) is 0 Å². The standard InChI is InChI=1S/C28H46O/c1-18(2)19(3)7-8-20(4)24-11-12-25-23-10-9-21-17-22(29)13-15-27(21,5)26(23)14-16-28(24,25)6/h10,18-21,24-26H,7-9,11-17H2,1-6H3/t19-,20+,21?,24?,25?,26?,27+,28?/m0/s1. The third-order valence-corrected chi connectivity index (χ3v) is 10.9. The van der Waals surface area contributed by atoms with Gasteiger partial charge in [-0.2, -0.15) is 0 Å². The summed E-state index contributed by atoms with van der Waals surface area (Å²) in [7, 11) is 0. The van der Waals surface area contributed by atoms with Gasteiger partial charge in [0.2, 0.25) is 0 Å². The lowest BCUT2D eigenvalue weighted by molar-refractivity contribution is -0.127. The highest BCUT2D eigenvalue weighted by Crippen LogP contribution is 2.66. The summed E-state index contributed by atoms with van der Waals surface area (Å²) < 4.78 is 0. The molecule has 0 aliphatic heterocycles. The fourth-order valence-corrected chi connectivity index (χ4v) is 8.34. The summed E-state index contributed by atoms with van der Waals surface area (Å²) in [6, 6.07) is 0. The highest BCUT2D eigenvalue weighted by molar-refractivity contribution is 5.79. The van der Waals surface area contributed by atoms with E-state index in [1.807, 2.05) is 5.57 Å². The van der Waals surface area contributed by atoms with Crippen LogP contribution in [0.2, 0.25) is 0 Å². The van der Waals surface area contributed by atoms with E-state index >= 15 is 0 Å². The number of fused-ring (bicyclic) bond motifs is 5. The first-order chi connectivity index (χ1) is 13.7. The van der Waals surface area contributed by atoms with Crippen LogP contribution < -0.4 is 0 Å². The van der Waals surface area contributed by atoms with Crippen molar-refractivity contribution in [3.8, 4) is 0 Å². The maximum atomic E-state index is 12.1. The summed E-state index contributed by atoms with van der Waals surface area (Å²) in [4.78, 5) is 12.1. The number of rotatable bonds is 5. The van der Waals surface area contributed by atoms with E-state index in [9.17, 15) is 4.79 Å². The molecule has 4 rings (SSSR count). The van der Waals surface area contributed by atoms with Gasteiger partial charge in [-0.1, -0.05) is 66.0 Å². The number of carbonyl (C=O) groups excluding carboxylic acids is 1. The van der Waals surface area contributed by atoms with Gasteiger partial charge in [0, 0.05) is 12.8 Å². The second-order valence-corrected chi connectivity index (χ2v) is 12.5. The van der Waals surface area contributed by atoms with Gasteiger partial charge in [0.15, 0.2) is 0 Å². The molecule has 3 saturated carbocycles. The minimum Gasteiger partial charge on any atom is -0.300 e. The summed E-state index contributed by atoms with van der Waals surface area (Å²) in [5.74, 6) is 6.17. The molecule has 0 saturated heterocycles. The quantitative estimate of drug-likeness (QED) is 0.431. The average Bonchev–Trinajstić information content (AvgIpc) is 3.03. The molecule has 8 atom stereocenters. The van der Waals surface area contributed by atoms with Gasteiger partial charge in [0.05, 0.1) is 0 Å². The first-order valence-corrected chi connectivity index (χ1v) is 12.9. The Bertz CT molecular complexity index is 659. The number of carbonyl (C=O) groups is 1. The van der Waals surface area contributed by atoms with Crippen molar-refractivity contribution in [3.63, 3.8) is 0 Å². The number of hydrogen-bond donors (Lipinski definition) is 0. The van der Waals surface area contributed by atoms with E-state index in [0.717, 1.165) is 54.8 Å². The highest BCUT2D eigenvalue weighted by atomic mass is 16.1. The number of ketones is 1. The molecule has 0 heterocycles. The Morgan fingerprint density at radius 2 is 1.69 bits per heavy atom. The molecule has 1 heteroatoms. The fraction of sp³-hybridized carbons (Fsp3) is 0.893. The van der Waals surface area contributed by atoms with E-state index in [2.05, 4.69) is 47.6 Å². The topological polar surface area (TPSA) is 17.1 Å². The lowest BCUT2D eigenvalue weighted by Gasteiger charge is -2.57. The SMILES string of the molecule is CC(C)[C@@H](C)CC[C@@H](C)C1CCC2C3=CCC4CC(=O)CC[C@@]4(C)C3CCC21C. The second kappa shape index (κ2) is 7.83. The summed E-state index contributed by atoms with van der Waals surface area (Å²) >= 11 is 0. The molecule has 0 N–H and O–H groups in total. The Balaban J connectivity index is 1.50. The predicted octanol–water partition coefficient (Wildman–Crippen LogP) is 7.84. The van der Waals surface area contributed by atoms with Crippen LogP contribution in [-0.2, 0) is 4.79 Å². The van der Waals surface area contributed by atoms with E-state index < -0.39 is 0 Å². The normalized spacial score (nSPS) is 44.0. The van der Waals surface area contributed by atoms with Gasteiger partial charge in [-0.05, 0) is 90.8 Å². The van der Waals surface area contributed by atoms with Gasteiger partial charge in [-0.3, -0.25) is 4.79 Å². The first-order valence-electron chi connectivity index (χ1n) is 12.9. The van der Waals surface area contributed by atoms with E-state index in [4.69, 9.17) is 0 Å². The number of allylic oxidation sites excluding steroid dienone is 2. The van der Waals surface area contributed by atoms with Gasteiger partial charge in [-0.15, -0.1) is 0 Å². The van der Waals surface area contributed by atoms with Crippen LogP contribution in [0.25, 0.3) is 0 Å². The highest BCUT2D eigenvalue weighted by Gasteiger charge is 2.58. The van der Waals surface area contributed by atoms with Crippen LogP contribution in [-0.4, -0.2) is 5.78 Å². The Morgan fingerprint density at radius 3 is 2.41 bits per heavy atom. The third kappa shape index (κ3) is 3.57. The van der Waals surface area contributed by atoms with Crippen molar-refractivity contribution < 1.29 is 4.79 Å². The molecule has 0 aromatic rings. The molecule has 0 radical (unpaired) electrons. The summed E-state index contributed by atoms with van der Waals surface area (Å²) in [5.41, 5.74) is 2.77. The Labute approximate surface area is 180 Å². The van der Waals surface area contributed by atoms with Crippen LogP contribution in [0.5, 0.6) is 0 Å². The molecule has 0 aromatic heterocycles.